The van der Waals surface area contributed by atoms with Crippen LogP contribution in [0.15, 0.2) is 47.1 Å². The number of carbonyl (C=O) groups excluding carboxylic acids is 1. The van der Waals surface area contributed by atoms with Gasteiger partial charge in [0.15, 0.2) is 11.5 Å². The molecule has 1 amide bonds. The van der Waals surface area contributed by atoms with Crippen molar-refractivity contribution < 1.29 is 18.7 Å². The Labute approximate surface area is 178 Å². The van der Waals surface area contributed by atoms with E-state index in [9.17, 15) is 4.79 Å². The number of benzene rings is 1. The second-order valence-electron chi connectivity index (χ2n) is 7.28. The summed E-state index contributed by atoms with van der Waals surface area (Å²) in [6.45, 7) is 7.58. The average Bonchev–Trinajstić information content (AvgIpc) is 3.30. The van der Waals surface area contributed by atoms with E-state index >= 15 is 0 Å². The zero-order valence-electron chi connectivity index (χ0n) is 17.9. The van der Waals surface area contributed by atoms with Crippen LogP contribution in [0.1, 0.15) is 50.5 Å². The second-order valence-corrected chi connectivity index (χ2v) is 7.28. The number of nitrogens with one attached hydrogen (secondary N) is 1. The molecule has 1 N–H and O–H groups in total. The van der Waals surface area contributed by atoms with E-state index in [1.165, 1.54) is 19.3 Å². The van der Waals surface area contributed by atoms with Crippen molar-refractivity contribution in [3.05, 3.63) is 54.0 Å². The number of hydrogen-bond acceptors (Lipinski definition) is 5. The van der Waals surface area contributed by atoms with Crippen LogP contribution in [0.5, 0.6) is 11.5 Å². The predicted molar refractivity (Wildman–Crippen MR) is 118 cm³/mol. The number of rotatable bonds is 10. The van der Waals surface area contributed by atoms with E-state index in [-0.39, 0.29) is 11.9 Å². The minimum absolute atomic E-state index is 0.0627. The minimum Gasteiger partial charge on any atom is -0.490 e. The summed E-state index contributed by atoms with van der Waals surface area (Å²) in [6, 6.07) is 9.61. The number of nitrogens with zero attached hydrogens (tertiary/aromatic N) is 1. The fraction of sp³-hybridized carbons (Fsp3) is 0.458. The van der Waals surface area contributed by atoms with Crippen molar-refractivity contribution in [3.63, 3.8) is 0 Å². The van der Waals surface area contributed by atoms with Crippen molar-refractivity contribution in [1.82, 2.24) is 10.2 Å². The topological polar surface area (TPSA) is 63.9 Å². The Morgan fingerprint density at radius 1 is 1.13 bits per heavy atom. The first-order valence-electron chi connectivity index (χ1n) is 10.8. The van der Waals surface area contributed by atoms with Crippen LogP contribution in [0.25, 0.3) is 6.08 Å². The molecule has 1 fully saturated rings. The van der Waals surface area contributed by atoms with Gasteiger partial charge in [-0.2, -0.15) is 0 Å². The van der Waals surface area contributed by atoms with Crippen LogP contribution >= 0.6 is 0 Å². The van der Waals surface area contributed by atoms with Gasteiger partial charge in [-0.15, -0.1) is 0 Å². The Morgan fingerprint density at radius 2 is 1.90 bits per heavy atom. The van der Waals surface area contributed by atoms with Crippen molar-refractivity contribution >= 4 is 12.0 Å². The van der Waals surface area contributed by atoms with E-state index in [0.29, 0.717) is 31.3 Å². The number of hydrogen-bond donors (Lipinski definition) is 1. The molecule has 1 unspecified atom stereocenters. The Morgan fingerprint density at radius 3 is 2.60 bits per heavy atom. The molecular formula is C24H32N2O4. The normalized spacial score (nSPS) is 15.8. The molecule has 162 valence electrons. The fourth-order valence-electron chi connectivity index (χ4n) is 3.72. The molecule has 1 aliphatic rings. The number of amides is 1. The van der Waals surface area contributed by atoms with Gasteiger partial charge in [-0.1, -0.05) is 12.5 Å². The quantitative estimate of drug-likeness (QED) is 0.585. The Balaban J connectivity index is 1.61. The van der Waals surface area contributed by atoms with Crippen LogP contribution in [0.4, 0.5) is 0 Å². The largest absolute Gasteiger partial charge is 0.490 e. The fourth-order valence-corrected chi connectivity index (χ4v) is 3.72. The first-order valence-corrected chi connectivity index (χ1v) is 10.8. The van der Waals surface area contributed by atoms with Crippen molar-refractivity contribution in [2.24, 2.45) is 0 Å². The van der Waals surface area contributed by atoms with Crippen molar-refractivity contribution in [3.8, 4) is 11.5 Å². The van der Waals surface area contributed by atoms with E-state index < -0.39 is 0 Å². The van der Waals surface area contributed by atoms with E-state index in [1.54, 1.807) is 18.4 Å². The highest BCUT2D eigenvalue weighted by Gasteiger charge is 2.24. The highest BCUT2D eigenvalue weighted by atomic mass is 16.5. The molecule has 30 heavy (non-hydrogen) atoms. The van der Waals surface area contributed by atoms with E-state index in [0.717, 1.165) is 24.4 Å². The molecule has 2 aromatic rings. The van der Waals surface area contributed by atoms with E-state index in [2.05, 4.69) is 10.2 Å². The van der Waals surface area contributed by atoms with Crippen LogP contribution in [0.3, 0.4) is 0 Å². The molecule has 1 aliphatic heterocycles. The smallest absolute Gasteiger partial charge is 0.244 e. The number of likely N-dealkylation sites (tertiary alicyclic amines) is 1. The molecule has 1 aromatic heterocycles. The van der Waals surface area contributed by atoms with Gasteiger partial charge in [0.2, 0.25) is 5.91 Å². The van der Waals surface area contributed by atoms with Crippen LogP contribution < -0.4 is 14.8 Å². The van der Waals surface area contributed by atoms with Crippen molar-refractivity contribution in [1.29, 1.82) is 0 Å². The maximum Gasteiger partial charge on any atom is 0.244 e. The molecule has 0 bridgehead atoms. The summed E-state index contributed by atoms with van der Waals surface area (Å²) < 4.78 is 16.9. The molecule has 1 atom stereocenters. The van der Waals surface area contributed by atoms with E-state index in [4.69, 9.17) is 13.9 Å². The van der Waals surface area contributed by atoms with E-state index in [1.807, 2.05) is 44.2 Å². The van der Waals surface area contributed by atoms with Gasteiger partial charge in [0.1, 0.15) is 5.76 Å². The molecule has 6 nitrogen and oxygen atoms in total. The third-order valence-corrected chi connectivity index (χ3v) is 5.17. The standard InChI is InChI=1S/C24H32N2O4/c1-3-28-22-12-10-19(17-23(22)29-4-2)11-13-24(27)25-18-20(21-9-8-16-30-21)26-14-6-5-7-15-26/h8-13,16-17,20H,3-7,14-15,18H2,1-2H3,(H,25,27)/b13-11+. The lowest BCUT2D eigenvalue weighted by Gasteiger charge is -2.33. The number of furan rings is 1. The summed E-state index contributed by atoms with van der Waals surface area (Å²) in [6.07, 6.45) is 8.67. The van der Waals surface area contributed by atoms with Crippen molar-refractivity contribution in [2.45, 2.75) is 39.2 Å². The van der Waals surface area contributed by atoms with Gasteiger partial charge in [0.25, 0.3) is 0 Å². The maximum atomic E-state index is 12.5. The Hall–Kier alpha value is -2.73. The Kier molecular flexibility index (Phi) is 8.39. The zero-order chi connectivity index (χ0) is 21.2. The average molecular weight is 413 g/mol. The Bertz CT molecular complexity index is 811. The van der Waals surface area contributed by atoms with Crippen LogP contribution in [-0.4, -0.2) is 43.7 Å². The van der Waals surface area contributed by atoms with Crippen LogP contribution in [0.2, 0.25) is 0 Å². The van der Waals surface area contributed by atoms with Gasteiger partial charge in [-0.25, -0.2) is 0 Å². The molecule has 0 radical (unpaired) electrons. The lowest BCUT2D eigenvalue weighted by atomic mass is 10.1. The van der Waals surface area contributed by atoms with Crippen LogP contribution in [0, 0.1) is 0 Å². The number of piperidine rings is 1. The predicted octanol–water partition coefficient (Wildman–Crippen LogP) is 4.43. The molecule has 1 saturated heterocycles. The van der Waals surface area contributed by atoms with Gasteiger partial charge in [-0.05, 0) is 75.7 Å². The van der Waals surface area contributed by atoms with Gasteiger partial charge in [0, 0.05) is 12.6 Å². The summed E-state index contributed by atoms with van der Waals surface area (Å²) in [7, 11) is 0. The molecule has 6 heteroatoms. The highest BCUT2D eigenvalue weighted by molar-refractivity contribution is 5.91. The third-order valence-electron chi connectivity index (χ3n) is 5.17. The molecule has 1 aromatic carbocycles. The molecule has 3 rings (SSSR count). The summed E-state index contributed by atoms with van der Waals surface area (Å²) >= 11 is 0. The molecule has 0 spiro atoms. The van der Waals surface area contributed by atoms with Gasteiger partial charge in [-0.3, -0.25) is 9.69 Å². The monoisotopic (exact) mass is 412 g/mol. The third kappa shape index (κ3) is 6.13. The lowest BCUT2D eigenvalue weighted by molar-refractivity contribution is -0.116. The summed E-state index contributed by atoms with van der Waals surface area (Å²) in [5, 5.41) is 3.03. The number of carbonyl (C=O) groups is 1. The summed E-state index contributed by atoms with van der Waals surface area (Å²) in [4.78, 5) is 14.8. The minimum atomic E-state index is -0.129. The van der Waals surface area contributed by atoms with Gasteiger partial charge >= 0.3 is 0 Å². The first-order chi connectivity index (χ1) is 14.7. The molecule has 0 saturated carbocycles. The summed E-state index contributed by atoms with van der Waals surface area (Å²) in [5.41, 5.74) is 0.885. The van der Waals surface area contributed by atoms with Gasteiger partial charge < -0.3 is 19.2 Å². The maximum absolute atomic E-state index is 12.5. The van der Waals surface area contributed by atoms with Crippen LogP contribution in [-0.2, 0) is 4.79 Å². The molecule has 2 heterocycles. The molecular weight excluding hydrogens is 380 g/mol. The lowest BCUT2D eigenvalue weighted by Crippen LogP contribution is -2.40. The summed E-state index contributed by atoms with van der Waals surface area (Å²) in [5.74, 6) is 2.16. The van der Waals surface area contributed by atoms with Crippen molar-refractivity contribution in [2.75, 3.05) is 32.8 Å². The number of ether oxygens (including phenoxy) is 2. The highest BCUT2D eigenvalue weighted by Crippen LogP contribution is 2.29. The zero-order valence-corrected chi connectivity index (χ0v) is 17.9. The second kappa shape index (κ2) is 11.5. The SMILES string of the molecule is CCOc1ccc(/C=C/C(=O)NCC(c2ccco2)N2CCCCC2)cc1OCC. The van der Waals surface area contributed by atoms with Gasteiger partial charge in [0.05, 0.1) is 25.5 Å². The first kappa shape index (κ1) is 22.0. The molecule has 0 aliphatic carbocycles.